The lowest BCUT2D eigenvalue weighted by atomic mass is 10.3. The summed E-state index contributed by atoms with van der Waals surface area (Å²) in [6, 6.07) is 0.0503. The fourth-order valence-corrected chi connectivity index (χ4v) is 1.09. The van der Waals surface area contributed by atoms with Crippen molar-refractivity contribution in [2.24, 2.45) is 5.73 Å². The average molecular weight is 186 g/mol. The quantitative estimate of drug-likeness (QED) is 0.612. The monoisotopic (exact) mass is 185 g/mol. The number of hydrogen-bond donors (Lipinski definition) is 1. The van der Waals surface area contributed by atoms with Crippen LogP contribution < -0.4 is 5.73 Å². The molecule has 1 atom stereocenters. The first kappa shape index (κ1) is 6.78. The topological polar surface area (TPSA) is 26.0 Å². The highest BCUT2D eigenvalue weighted by molar-refractivity contribution is 9.11. The minimum absolute atomic E-state index is 0.0503. The molecule has 0 aromatic heterocycles. The fraction of sp³-hybridized carbons (Fsp3) is 0.143. The van der Waals surface area contributed by atoms with Gasteiger partial charge in [-0.15, -0.1) is 0 Å². The summed E-state index contributed by atoms with van der Waals surface area (Å²) >= 11 is 3.33. The summed E-state index contributed by atoms with van der Waals surface area (Å²) in [5.74, 6) is 0. The minimum atomic E-state index is 0.0503. The van der Waals surface area contributed by atoms with Crippen LogP contribution in [0.5, 0.6) is 0 Å². The number of nitrogens with two attached hydrogens (primary N) is 1. The molecule has 1 rings (SSSR count). The van der Waals surface area contributed by atoms with Gasteiger partial charge in [-0.25, -0.2) is 0 Å². The van der Waals surface area contributed by atoms with Crippen LogP contribution in [0, 0.1) is 0 Å². The van der Waals surface area contributed by atoms with E-state index in [9.17, 15) is 0 Å². The number of halogens is 1. The SMILES string of the molecule is NC1C=CC=CC(Br)=C1. The summed E-state index contributed by atoms with van der Waals surface area (Å²) in [5, 5.41) is 0. The van der Waals surface area contributed by atoms with Gasteiger partial charge in [0.15, 0.2) is 0 Å². The third kappa shape index (κ3) is 2.16. The van der Waals surface area contributed by atoms with E-state index in [1.165, 1.54) is 0 Å². The van der Waals surface area contributed by atoms with Crippen LogP contribution in [-0.2, 0) is 0 Å². The lowest BCUT2D eigenvalue weighted by Gasteiger charge is -1.94. The fourth-order valence-electron chi connectivity index (χ4n) is 0.635. The van der Waals surface area contributed by atoms with Gasteiger partial charge in [-0.05, 0) is 12.2 Å². The maximum Gasteiger partial charge on any atom is 0.0427 e. The lowest BCUT2D eigenvalue weighted by Crippen LogP contribution is -2.12. The van der Waals surface area contributed by atoms with Crippen molar-refractivity contribution in [2.75, 3.05) is 0 Å². The van der Waals surface area contributed by atoms with Crippen LogP contribution in [0.2, 0.25) is 0 Å². The Hall–Kier alpha value is -0.340. The van der Waals surface area contributed by atoms with Crippen LogP contribution >= 0.6 is 15.9 Å². The molecule has 0 aliphatic heterocycles. The molecule has 2 heteroatoms. The molecule has 0 spiro atoms. The zero-order valence-electron chi connectivity index (χ0n) is 4.92. The predicted octanol–water partition coefficient (Wildman–Crippen LogP) is 1.72. The van der Waals surface area contributed by atoms with E-state index in [1.54, 1.807) is 0 Å². The van der Waals surface area contributed by atoms with Gasteiger partial charge in [0, 0.05) is 10.5 Å². The van der Waals surface area contributed by atoms with Crippen molar-refractivity contribution in [1.82, 2.24) is 0 Å². The van der Waals surface area contributed by atoms with E-state index in [2.05, 4.69) is 15.9 Å². The Morgan fingerprint density at radius 2 is 2.22 bits per heavy atom. The third-order valence-electron chi connectivity index (χ3n) is 1.05. The van der Waals surface area contributed by atoms with Crippen molar-refractivity contribution in [3.63, 3.8) is 0 Å². The zero-order valence-corrected chi connectivity index (χ0v) is 6.51. The lowest BCUT2D eigenvalue weighted by molar-refractivity contribution is 1.03. The second kappa shape index (κ2) is 2.99. The summed E-state index contributed by atoms with van der Waals surface area (Å²) in [7, 11) is 0. The predicted molar refractivity (Wildman–Crippen MR) is 43.3 cm³/mol. The second-order valence-corrected chi connectivity index (χ2v) is 2.79. The van der Waals surface area contributed by atoms with Gasteiger partial charge in [-0.3, -0.25) is 0 Å². The number of rotatable bonds is 0. The zero-order chi connectivity index (χ0) is 6.69. The third-order valence-corrected chi connectivity index (χ3v) is 1.58. The van der Waals surface area contributed by atoms with E-state index in [-0.39, 0.29) is 6.04 Å². The molecule has 1 aliphatic carbocycles. The van der Waals surface area contributed by atoms with Crippen LogP contribution in [0.15, 0.2) is 34.9 Å². The van der Waals surface area contributed by atoms with Gasteiger partial charge in [0.25, 0.3) is 0 Å². The molecule has 2 N–H and O–H groups in total. The Morgan fingerprint density at radius 3 is 3.00 bits per heavy atom. The highest BCUT2D eigenvalue weighted by atomic mass is 79.9. The van der Waals surface area contributed by atoms with Crippen LogP contribution in [0.25, 0.3) is 0 Å². The van der Waals surface area contributed by atoms with Crippen molar-refractivity contribution in [3.8, 4) is 0 Å². The van der Waals surface area contributed by atoms with Crippen LogP contribution in [0.4, 0.5) is 0 Å². The van der Waals surface area contributed by atoms with Gasteiger partial charge in [0.1, 0.15) is 0 Å². The van der Waals surface area contributed by atoms with Crippen molar-refractivity contribution < 1.29 is 0 Å². The molecule has 0 bridgehead atoms. The molecule has 9 heavy (non-hydrogen) atoms. The van der Waals surface area contributed by atoms with E-state index in [0.29, 0.717) is 0 Å². The Bertz CT molecular complexity index is 179. The Labute approximate surface area is 63.1 Å². The maximum atomic E-state index is 5.59. The van der Waals surface area contributed by atoms with Gasteiger partial charge in [0.05, 0.1) is 0 Å². The van der Waals surface area contributed by atoms with Gasteiger partial charge in [0.2, 0.25) is 0 Å². The van der Waals surface area contributed by atoms with Crippen molar-refractivity contribution in [1.29, 1.82) is 0 Å². The van der Waals surface area contributed by atoms with Crippen molar-refractivity contribution in [2.45, 2.75) is 6.04 Å². The van der Waals surface area contributed by atoms with Crippen LogP contribution in [0.3, 0.4) is 0 Å². The molecule has 1 nitrogen and oxygen atoms in total. The van der Waals surface area contributed by atoms with E-state index in [1.807, 2.05) is 30.4 Å². The summed E-state index contributed by atoms with van der Waals surface area (Å²) in [6.07, 6.45) is 9.73. The van der Waals surface area contributed by atoms with Crippen molar-refractivity contribution in [3.05, 3.63) is 34.9 Å². The van der Waals surface area contributed by atoms with Crippen LogP contribution in [0.1, 0.15) is 0 Å². The first-order valence-electron chi connectivity index (χ1n) is 2.77. The van der Waals surface area contributed by atoms with E-state index in [4.69, 9.17) is 5.73 Å². The Kier molecular flexibility index (Phi) is 2.25. The summed E-state index contributed by atoms with van der Waals surface area (Å²) in [4.78, 5) is 0. The number of hydrogen-bond acceptors (Lipinski definition) is 1. The maximum absolute atomic E-state index is 5.59. The molecule has 1 unspecified atom stereocenters. The summed E-state index contributed by atoms with van der Waals surface area (Å²) < 4.78 is 1.04. The van der Waals surface area contributed by atoms with Gasteiger partial charge in [-0.1, -0.05) is 34.2 Å². The standard InChI is InChI=1S/C7H8BrN/c8-6-3-1-2-4-7(9)5-6/h1-5,7H,9H2. The second-order valence-electron chi connectivity index (χ2n) is 1.87. The molecule has 0 aromatic carbocycles. The molecule has 0 amide bonds. The first-order chi connectivity index (χ1) is 4.29. The molecular weight excluding hydrogens is 178 g/mol. The smallest absolute Gasteiger partial charge is 0.0427 e. The highest BCUT2D eigenvalue weighted by Crippen LogP contribution is 2.10. The summed E-state index contributed by atoms with van der Waals surface area (Å²) in [6.45, 7) is 0. The molecule has 0 saturated heterocycles. The van der Waals surface area contributed by atoms with E-state index >= 15 is 0 Å². The molecule has 0 heterocycles. The highest BCUT2D eigenvalue weighted by Gasteiger charge is 1.93. The molecular formula is C7H8BrN. The largest absolute Gasteiger partial charge is 0.321 e. The normalized spacial score (nSPS) is 25.6. The Morgan fingerprint density at radius 1 is 1.44 bits per heavy atom. The summed E-state index contributed by atoms with van der Waals surface area (Å²) in [5.41, 5.74) is 5.59. The van der Waals surface area contributed by atoms with Gasteiger partial charge < -0.3 is 5.73 Å². The molecule has 1 aliphatic rings. The van der Waals surface area contributed by atoms with Crippen molar-refractivity contribution >= 4 is 15.9 Å². The Balaban J connectivity index is 2.77. The molecule has 0 fully saturated rings. The molecule has 0 radical (unpaired) electrons. The van der Waals surface area contributed by atoms with Crippen LogP contribution in [-0.4, -0.2) is 6.04 Å². The van der Waals surface area contributed by atoms with Gasteiger partial charge in [-0.2, -0.15) is 0 Å². The minimum Gasteiger partial charge on any atom is -0.321 e. The molecule has 48 valence electrons. The van der Waals surface area contributed by atoms with E-state index in [0.717, 1.165) is 4.48 Å². The van der Waals surface area contributed by atoms with E-state index < -0.39 is 0 Å². The average Bonchev–Trinajstić information content (AvgIpc) is 1.93. The molecule has 0 aromatic rings. The first-order valence-corrected chi connectivity index (χ1v) is 3.56. The number of allylic oxidation sites excluding steroid dienone is 4. The van der Waals surface area contributed by atoms with Gasteiger partial charge >= 0.3 is 0 Å². The molecule has 0 saturated carbocycles.